The molecular formula is C14H19NO3S. The van der Waals surface area contributed by atoms with Crippen LogP contribution >= 0.6 is 11.3 Å². The summed E-state index contributed by atoms with van der Waals surface area (Å²) in [5, 5.41) is 14.0. The summed E-state index contributed by atoms with van der Waals surface area (Å²) >= 11 is 1.27. The van der Waals surface area contributed by atoms with E-state index >= 15 is 0 Å². The summed E-state index contributed by atoms with van der Waals surface area (Å²) in [6.45, 7) is 0. The van der Waals surface area contributed by atoms with Gasteiger partial charge in [0.25, 0.3) is 0 Å². The number of carboxylic acid groups (broad SMARTS) is 1. The molecule has 0 unspecified atom stereocenters. The standard InChI is InChI=1S/C14H19NO3S/c16-12(10-6-4-2-1-3-5-7-10)15-13-11(14(17)18)8-9-19-13/h8-10H,1-7H2,(H,15,16)(H,17,18). The molecule has 1 aromatic rings. The summed E-state index contributed by atoms with van der Waals surface area (Å²) in [6.07, 6.45) is 7.68. The zero-order valence-electron chi connectivity index (χ0n) is 10.9. The van der Waals surface area contributed by atoms with Crippen LogP contribution < -0.4 is 5.32 Å². The summed E-state index contributed by atoms with van der Waals surface area (Å²) in [5.74, 6) is -0.981. The largest absolute Gasteiger partial charge is 0.478 e. The van der Waals surface area contributed by atoms with Crippen LogP contribution in [0.15, 0.2) is 11.4 Å². The minimum Gasteiger partial charge on any atom is -0.478 e. The molecule has 0 bridgehead atoms. The van der Waals surface area contributed by atoms with Crippen molar-refractivity contribution in [1.29, 1.82) is 0 Å². The van der Waals surface area contributed by atoms with Crippen molar-refractivity contribution in [3.63, 3.8) is 0 Å². The van der Waals surface area contributed by atoms with Crippen molar-refractivity contribution in [3.05, 3.63) is 17.0 Å². The van der Waals surface area contributed by atoms with E-state index in [2.05, 4.69) is 5.32 Å². The Bertz CT molecular complexity index is 447. The number of carboxylic acids is 1. The number of hydrogen-bond acceptors (Lipinski definition) is 3. The number of hydrogen-bond donors (Lipinski definition) is 2. The lowest BCUT2D eigenvalue weighted by Gasteiger charge is -2.18. The van der Waals surface area contributed by atoms with Gasteiger partial charge in [-0.25, -0.2) is 4.79 Å². The van der Waals surface area contributed by atoms with E-state index in [0.717, 1.165) is 25.7 Å². The second-order valence-electron chi connectivity index (χ2n) is 5.00. The highest BCUT2D eigenvalue weighted by molar-refractivity contribution is 7.14. The van der Waals surface area contributed by atoms with Gasteiger partial charge >= 0.3 is 5.97 Å². The van der Waals surface area contributed by atoms with Crippen molar-refractivity contribution in [1.82, 2.24) is 0 Å². The second-order valence-corrected chi connectivity index (χ2v) is 5.92. The van der Waals surface area contributed by atoms with Gasteiger partial charge in [-0.05, 0) is 24.3 Å². The predicted molar refractivity (Wildman–Crippen MR) is 75.7 cm³/mol. The molecule has 0 spiro atoms. The van der Waals surface area contributed by atoms with Crippen LogP contribution in [0.5, 0.6) is 0 Å². The smallest absolute Gasteiger partial charge is 0.338 e. The number of thiophene rings is 1. The van der Waals surface area contributed by atoms with Crippen molar-refractivity contribution in [2.45, 2.75) is 44.9 Å². The fraction of sp³-hybridized carbons (Fsp3) is 0.571. The Hall–Kier alpha value is -1.36. The number of nitrogens with one attached hydrogen (secondary N) is 1. The number of amides is 1. The SMILES string of the molecule is O=C(O)c1ccsc1NC(=O)C1CCCCCCC1. The minimum absolute atomic E-state index is 0.0214. The van der Waals surface area contributed by atoms with Gasteiger partial charge in [-0.15, -0.1) is 11.3 Å². The molecular weight excluding hydrogens is 262 g/mol. The molecule has 1 heterocycles. The molecule has 0 atom stereocenters. The Kier molecular flexibility index (Phi) is 4.96. The first-order chi connectivity index (χ1) is 9.18. The number of rotatable bonds is 3. The lowest BCUT2D eigenvalue weighted by molar-refractivity contribution is -0.120. The molecule has 2 rings (SSSR count). The highest BCUT2D eigenvalue weighted by Crippen LogP contribution is 2.27. The molecule has 0 aromatic carbocycles. The lowest BCUT2D eigenvalue weighted by Crippen LogP contribution is -2.24. The van der Waals surface area contributed by atoms with E-state index in [0.29, 0.717) is 5.00 Å². The summed E-state index contributed by atoms with van der Waals surface area (Å²) in [7, 11) is 0. The van der Waals surface area contributed by atoms with Crippen molar-refractivity contribution in [2.75, 3.05) is 5.32 Å². The molecule has 1 fully saturated rings. The van der Waals surface area contributed by atoms with Gasteiger partial charge in [0.2, 0.25) is 5.91 Å². The number of anilines is 1. The van der Waals surface area contributed by atoms with Gasteiger partial charge in [-0.1, -0.05) is 32.1 Å². The highest BCUT2D eigenvalue weighted by atomic mass is 32.1. The third-order valence-electron chi connectivity index (χ3n) is 3.61. The lowest BCUT2D eigenvalue weighted by atomic mass is 9.90. The van der Waals surface area contributed by atoms with Crippen LogP contribution in [0.4, 0.5) is 5.00 Å². The van der Waals surface area contributed by atoms with E-state index in [9.17, 15) is 9.59 Å². The summed E-state index contributed by atoms with van der Waals surface area (Å²) in [4.78, 5) is 23.2. The molecule has 1 aromatic heterocycles. The van der Waals surface area contributed by atoms with Crippen LogP contribution in [0.1, 0.15) is 55.3 Å². The fourth-order valence-corrected chi connectivity index (χ4v) is 3.29. The molecule has 0 saturated heterocycles. The van der Waals surface area contributed by atoms with Gasteiger partial charge < -0.3 is 10.4 Å². The highest BCUT2D eigenvalue weighted by Gasteiger charge is 2.21. The van der Waals surface area contributed by atoms with Crippen LogP contribution in [-0.4, -0.2) is 17.0 Å². The molecule has 1 aliphatic rings. The molecule has 0 radical (unpaired) electrons. The zero-order valence-corrected chi connectivity index (χ0v) is 11.7. The van der Waals surface area contributed by atoms with Gasteiger partial charge in [0.15, 0.2) is 0 Å². The van der Waals surface area contributed by atoms with Crippen LogP contribution in [-0.2, 0) is 4.79 Å². The topological polar surface area (TPSA) is 66.4 Å². The average molecular weight is 281 g/mol. The van der Waals surface area contributed by atoms with Gasteiger partial charge in [-0.2, -0.15) is 0 Å². The normalized spacial score (nSPS) is 17.5. The monoisotopic (exact) mass is 281 g/mol. The van der Waals surface area contributed by atoms with Crippen LogP contribution in [0.25, 0.3) is 0 Å². The van der Waals surface area contributed by atoms with E-state index in [1.807, 2.05) is 0 Å². The van der Waals surface area contributed by atoms with E-state index in [1.54, 1.807) is 5.38 Å². The Labute approximate surface area is 116 Å². The maximum Gasteiger partial charge on any atom is 0.338 e. The number of carbonyl (C=O) groups is 2. The third-order valence-corrected chi connectivity index (χ3v) is 4.44. The van der Waals surface area contributed by atoms with Crippen LogP contribution in [0, 0.1) is 5.92 Å². The van der Waals surface area contributed by atoms with E-state index in [1.165, 1.54) is 36.7 Å². The molecule has 1 aliphatic carbocycles. The van der Waals surface area contributed by atoms with Gasteiger partial charge in [0.1, 0.15) is 5.00 Å². The molecule has 0 aliphatic heterocycles. The van der Waals surface area contributed by atoms with E-state index in [-0.39, 0.29) is 17.4 Å². The fourth-order valence-electron chi connectivity index (χ4n) is 2.51. The molecule has 1 saturated carbocycles. The summed E-state index contributed by atoms with van der Waals surface area (Å²) in [6, 6.07) is 1.53. The molecule has 2 N–H and O–H groups in total. The van der Waals surface area contributed by atoms with Crippen molar-refractivity contribution in [3.8, 4) is 0 Å². The van der Waals surface area contributed by atoms with Gasteiger partial charge in [-0.3, -0.25) is 4.79 Å². The minimum atomic E-state index is -0.991. The molecule has 1 amide bonds. The predicted octanol–water partition coefficient (Wildman–Crippen LogP) is 3.75. The third kappa shape index (κ3) is 3.80. The van der Waals surface area contributed by atoms with Gasteiger partial charge in [0.05, 0.1) is 5.56 Å². The Morgan fingerprint density at radius 1 is 1.16 bits per heavy atom. The quantitative estimate of drug-likeness (QED) is 0.886. The van der Waals surface area contributed by atoms with E-state index in [4.69, 9.17) is 5.11 Å². The first-order valence-corrected chi connectivity index (χ1v) is 7.68. The average Bonchev–Trinajstić information content (AvgIpc) is 2.76. The van der Waals surface area contributed by atoms with Crippen LogP contribution in [0.2, 0.25) is 0 Å². The Morgan fingerprint density at radius 3 is 2.42 bits per heavy atom. The molecule has 4 nitrogen and oxygen atoms in total. The first kappa shape index (κ1) is 14.1. The first-order valence-electron chi connectivity index (χ1n) is 6.80. The van der Waals surface area contributed by atoms with E-state index < -0.39 is 5.97 Å². The maximum atomic E-state index is 12.2. The molecule has 5 heteroatoms. The summed E-state index contributed by atoms with van der Waals surface area (Å²) < 4.78 is 0. The van der Waals surface area contributed by atoms with Crippen molar-refractivity contribution in [2.24, 2.45) is 5.92 Å². The molecule has 19 heavy (non-hydrogen) atoms. The maximum absolute atomic E-state index is 12.2. The van der Waals surface area contributed by atoms with Gasteiger partial charge in [0, 0.05) is 5.92 Å². The Balaban J connectivity index is 1.99. The summed E-state index contributed by atoms with van der Waals surface area (Å²) in [5.41, 5.74) is 0.184. The molecule has 104 valence electrons. The number of carbonyl (C=O) groups excluding carboxylic acids is 1. The van der Waals surface area contributed by atoms with Crippen molar-refractivity contribution >= 4 is 28.2 Å². The second kappa shape index (κ2) is 6.70. The van der Waals surface area contributed by atoms with Crippen molar-refractivity contribution < 1.29 is 14.7 Å². The zero-order chi connectivity index (χ0) is 13.7. The Morgan fingerprint density at radius 2 is 1.79 bits per heavy atom. The number of aromatic carboxylic acids is 1. The van der Waals surface area contributed by atoms with Crippen LogP contribution in [0.3, 0.4) is 0 Å².